The second-order valence-corrected chi connectivity index (χ2v) is 10.2. The summed E-state index contributed by atoms with van der Waals surface area (Å²) in [5.74, 6) is 1.90. The molecule has 0 bridgehead atoms. The summed E-state index contributed by atoms with van der Waals surface area (Å²) >= 11 is 0. The molecule has 3 heterocycles. The van der Waals surface area contributed by atoms with Gasteiger partial charge in [-0.15, -0.1) is 0 Å². The van der Waals surface area contributed by atoms with Crippen LogP contribution in [0.15, 0.2) is 56.8 Å². The zero-order chi connectivity index (χ0) is 24.2. The molecule has 0 spiro atoms. The van der Waals surface area contributed by atoms with Crippen molar-refractivity contribution in [2.24, 2.45) is 0 Å². The van der Waals surface area contributed by atoms with E-state index in [1.54, 1.807) is 43.6 Å². The zero-order valence-corrected chi connectivity index (χ0v) is 19.9. The van der Waals surface area contributed by atoms with Gasteiger partial charge in [0.25, 0.3) is 5.56 Å². The van der Waals surface area contributed by atoms with Crippen molar-refractivity contribution < 1.29 is 17.7 Å². The topological polar surface area (TPSA) is 120 Å². The Balaban J connectivity index is 1.70. The number of sulfone groups is 1. The Kier molecular flexibility index (Phi) is 5.05. The molecular weight excluding hydrogens is 456 g/mol. The maximum absolute atomic E-state index is 12.9. The number of benzene rings is 2. The average molecular weight is 479 g/mol. The number of nitrogens with one attached hydrogen (secondary N) is 1. The van der Waals surface area contributed by atoms with Gasteiger partial charge in [0, 0.05) is 24.3 Å². The lowest BCUT2D eigenvalue weighted by Crippen LogP contribution is -2.11. The number of hydrogen-bond donors (Lipinski definition) is 1. The lowest BCUT2D eigenvalue weighted by Gasteiger charge is -2.12. The van der Waals surface area contributed by atoms with Crippen molar-refractivity contribution in [3.8, 4) is 16.9 Å². The molecule has 0 fully saturated rings. The smallest absolute Gasteiger partial charge is 0.258 e. The number of H-pyrrole nitrogens is 1. The molecule has 0 saturated heterocycles. The molecule has 0 amide bonds. The van der Waals surface area contributed by atoms with E-state index in [-0.39, 0.29) is 10.5 Å². The molecule has 0 aliphatic rings. The van der Waals surface area contributed by atoms with Crippen LogP contribution < -0.4 is 10.3 Å². The van der Waals surface area contributed by atoms with Crippen LogP contribution in [-0.2, 0) is 16.3 Å². The van der Waals surface area contributed by atoms with Gasteiger partial charge in [0.1, 0.15) is 23.0 Å². The second-order valence-electron chi connectivity index (χ2n) is 8.21. The van der Waals surface area contributed by atoms with Crippen molar-refractivity contribution >= 4 is 26.4 Å². The van der Waals surface area contributed by atoms with E-state index < -0.39 is 9.84 Å². The normalized spacial score (nSPS) is 12.0. The van der Waals surface area contributed by atoms with Crippen molar-refractivity contribution in [1.29, 1.82) is 0 Å². The Hall–Kier alpha value is -3.92. The number of aromatic nitrogens is 4. The zero-order valence-electron chi connectivity index (χ0n) is 19.0. The van der Waals surface area contributed by atoms with Crippen LogP contribution in [0.5, 0.6) is 5.75 Å². The van der Waals surface area contributed by atoms with Gasteiger partial charge >= 0.3 is 0 Å². The van der Waals surface area contributed by atoms with Crippen LogP contribution in [-0.4, -0.2) is 41.3 Å². The van der Waals surface area contributed by atoms with E-state index >= 15 is 0 Å². The number of fused-ring (bicyclic) bond motifs is 3. The van der Waals surface area contributed by atoms with Gasteiger partial charge < -0.3 is 14.2 Å². The van der Waals surface area contributed by atoms with Crippen LogP contribution in [0.4, 0.5) is 0 Å². The van der Waals surface area contributed by atoms with Crippen molar-refractivity contribution in [2.45, 2.75) is 25.2 Å². The Labute approximate surface area is 194 Å². The highest BCUT2D eigenvalue weighted by Crippen LogP contribution is 2.37. The predicted octanol–water partition coefficient (Wildman–Crippen LogP) is 3.45. The Morgan fingerprint density at radius 2 is 1.88 bits per heavy atom. The molecule has 0 aliphatic carbocycles. The summed E-state index contributed by atoms with van der Waals surface area (Å²) in [7, 11) is -1.70. The number of nitrogens with zero attached hydrogens (tertiary/aromatic N) is 3. The number of rotatable bonds is 5. The number of hydrogen-bond acceptors (Lipinski definition) is 7. The highest BCUT2D eigenvalue weighted by atomic mass is 32.2. The molecule has 5 rings (SSSR count). The van der Waals surface area contributed by atoms with Gasteiger partial charge in [0.15, 0.2) is 9.84 Å². The first-order valence-electron chi connectivity index (χ1n) is 10.5. The van der Waals surface area contributed by atoms with Crippen LogP contribution in [0, 0.1) is 13.8 Å². The fourth-order valence-corrected chi connectivity index (χ4v) is 4.89. The first kappa shape index (κ1) is 21.9. The molecular formula is C24H22N4O5S. The monoisotopic (exact) mass is 478 g/mol. The molecule has 0 atom stereocenters. The molecule has 174 valence electrons. The Morgan fingerprint density at radius 3 is 2.50 bits per heavy atom. The molecule has 2 aromatic carbocycles. The van der Waals surface area contributed by atoms with Crippen LogP contribution in [0.1, 0.15) is 22.8 Å². The van der Waals surface area contributed by atoms with Gasteiger partial charge in [0.2, 0.25) is 0 Å². The highest BCUT2D eigenvalue weighted by molar-refractivity contribution is 7.90. The summed E-state index contributed by atoms with van der Waals surface area (Å²) < 4.78 is 36.4. The van der Waals surface area contributed by atoms with Gasteiger partial charge in [-0.2, -0.15) is 0 Å². The fourth-order valence-electron chi connectivity index (χ4n) is 4.26. The molecule has 3 aromatic heterocycles. The maximum Gasteiger partial charge on any atom is 0.258 e. The summed E-state index contributed by atoms with van der Waals surface area (Å²) in [6, 6.07) is 10.3. The first-order chi connectivity index (χ1) is 16.2. The Bertz CT molecular complexity index is 1710. The second kappa shape index (κ2) is 7.84. The van der Waals surface area contributed by atoms with Crippen LogP contribution >= 0.6 is 0 Å². The first-order valence-corrected chi connectivity index (χ1v) is 12.4. The molecule has 0 unspecified atom stereocenters. The van der Waals surface area contributed by atoms with Crippen molar-refractivity contribution in [3.05, 3.63) is 75.8 Å². The molecule has 5 aromatic rings. The minimum atomic E-state index is -3.27. The number of aryl methyl sites for hydroxylation is 2. The van der Waals surface area contributed by atoms with Gasteiger partial charge in [-0.1, -0.05) is 17.3 Å². The van der Waals surface area contributed by atoms with Crippen LogP contribution in [0.25, 0.3) is 27.7 Å². The minimum Gasteiger partial charge on any atom is -0.496 e. The quantitative estimate of drug-likeness (QED) is 0.411. The minimum absolute atomic E-state index is 0.248. The maximum atomic E-state index is 12.9. The lowest BCUT2D eigenvalue weighted by molar-refractivity contribution is 0.393. The lowest BCUT2D eigenvalue weighted by atomic mass is 10.0. The molecule has 1 N–H and O–H groups in total. The third kappa shape index (κ3) is 3.56. The number of ether oxygens (including phenoxy) is 1. The third-order valence-corrected chi connectivity index (χ3v) is 7.02. The van der Waals surface area contributed by atoms with E-state index in [9.17, 15) is 13.2 Å². The molecule has 0 radical (unpaired) electrons. The molecule has 34 heavy (non-hydrogen) atoms. The van der Waals surface area contributed by atoms with E-state index in [1.165, 1.54) is 6.26 Å². The van der Waals surface area contributed by atoms with Gasteiger partial charge in [-0.25, -0.2) is 13.4 Å². The summed E-state index contributed by atoms with van der Waals surface area (Å²) in [6.45, 7) is 3.65. The molecule has 10 heteroatoms. The number of imidazole rings is 1. The van der Waals surface area contributed by atoms with Gasteiger partial charge in [-0.05, 0) is 37.6 Å². The fraction of sp³-hybridized carbons (Fsp3) is 0.208. The summed E-state index contributed by atoms with van der Waals surface area (Å²) in [4.78, 5) is 20.6. The van der Waals surface area contributed by atoms with E-state index in [0.717, 1.165) is 11.1 Å². The third-order valence-electron chi connectivity index (χ3n) is 5.90. The molecule has 0 aliphatic heterocycles. The van der Waals surface area contributed by atoms with Crippen molar-refractivity contribution in [3.63, 3.8) is 0 Å². The highest BCUT2D eigenvalue weighted by Gasteiger charge is 2.20. The summed E-state index contributed by atoms with van der Waals surface area (Å²) in [5.41, 5.74) is 4.04. The summed E-state index contributed by atoms with van der Waals surface area (Å²) in [6.07, 6.45) is 3.22. The SMILES string of the molecule is COc1cc2c(cc1-c1c(C)noc1C)c(=O)[nH]c1cnc(Cc3ccc(S(C)(=O)=O)cc3)n12. The largest absolute Gasteiger partial charge is 0.496 e. The Morgan fingerprint density at radius 1 is 1.15 bits per heavy atom. The number of methoxy groups -OCH3 is 1. The van der Waals surface area contributed by atoms with Gasteiger partial charge in [0.05, 0.1) is 40.4 Å². The van der Waals surface area contributed by atoms with E-state index in [0.29, 0.717) is 51.6 Å². The number of aromatic amines is 1. The van der Waals surface area contributed by atoms with E-state index in [4.69, 9.17) is 9.26 Å². The standard InChI is InChI=1S/C24H22N4O5S/c1-13-23(14(2)33-27-13)18-10-17-19(11-20(18)32-3)28-21(25-12-22(28)26-24(17)29)9-15-5-7-16(8-6-15)34(4,30)31/h5-8,10-12H,9H2,1-4H3,(H,26,29). The van der Waals surface area contributed by atoms with Crippen LogP contribution in [0.3, 0.4) is 0 Å². The van der Waals surface area contributed by atoms with Crippen LogP contribution in [0.2, 0.25) is 0 Å². The van der Waals surface area contributed by atoms with Crippen molar-refractivity contribution in [2.75, 3.05) is 13.4 Å². The average Bonchev–Trinajstić information content (AvgIpc) is 3.35. The molecule has 9 nitrogen and oxygen atoms in total. The van der Waals surface area contributed by atoms with E-state index in [1.807, 2.05) is 24.3 Å². The van der Waals surface area contributed by atoms with E-state index in [2.05, 4.69) is 15.1 Å². The summed E-state index contributed by atoms with van der Waals surface area (Å²) in [5, 5.41) is 4.49. The van der Waals surface area contributed by atoms with Crippen molar-refractivity contribution in [1.82, 2.24) is 19.5 Å². The van der Waals surface area contributed by atoms with Gasteiger partial charge in [-0.3, -0.25) is 9.20 Å². The predicted molar refractivity (Wildman–Crippen MR) is 127 cm³/mol. The molecule has 0 saturated carbocycles.